The molecule has 3 aromatic carbocycles. The number of thiazole rings is 2. The third kappa shape index (κ3) is 11.7. The third-order valence-corrected chi connectivity index (χ3v) is 14.3. The van der Waals surface area contributed by atoms with Gasteiger partial charge in [-0.05, 0) is 98.0 Å². The molecule has 3 aromatic heterocycles. The molecule has 0 unspecified atom stereocenters. The van der Waals surface area contributed by atoms with Crippen LogP contribution in [0.1, 0.15) is 64.0 Å². The van der Waals surface area contributed by atoms with Gasteiger partial charge in [-0.25, -0.2) is 14.8 Å². The van der Waals surface area contributed by atoms with E-state index in [1.165, 1.54) is 22.7 Å². The molecule has 0 aliphatic carbocycles. The molecule has 0 saturated carbocycles. The molecule has 1 fully saturated rings. The summed E-state index contributed by atoms with van der Waals surface area (Å²) in [7, 11) is 0.223. The first-order valence-electron chi connectivity index (χ1n) is 21.9. The van der Waals surface area contributed by atoms with Crippen molar-refractivity contribution in [2.45, 2.75) is 58.7 Å². The van der Waals surface area contributed by atoms with E-state index in [1.54, 1.807) is 4.90 Å². The fourth-order valence-corrected chi connectivity index (χ4v) is 10.2. The number of carbonyl (C=O) groups is 2. The number of esters is 1. The summed E-state index contributed by atoms with van der Waals surface area (Å²) >= 11 is 3.00. The van der Waals surface area contributed by atoms with E-state index in [0.29, 0.717) is 55.5 Å². The van der Waals surface area contributed by atoms with E-state index in [2.05, 4.69) is 51.8 Å². The topological polar surface area (TPSA) is 124 Å². The first-order valence-corrected chi connectivity index (χ1v) is 25.8. The van der Waals surface area contributed by atoms with Crippen LogP contribution in [0.4, 0.5) is 10.3 Å². The van der Waals surface area contributed by atoms with Crippen LogP contribution in [-0.4, -0.2) is 120 Å². The number of fused-ring (bicyclic) bond motifs is 2. The summed E-state index contributed by atoms with van der Waals surface area (Å²) in [6.45, 7) is 13.2. The van der Waals surface area contributed by atoms with Crippen LogP contribution in [0.2, 0.25) is 0 Å². The van der Waals surface area contributed by atoms with Gasteiger partial charge in [0.25, 0.3) is 5.91 Å². The lowest BCUT2D eigenvalue weighted by molar-refractivity contribution is 0.00623. The van der Waals surface area contributed by atoms with Gasteiger partial charge in [0, 0.05) is 54.9 Å². The number of morpholine rings is 1. The lowest BCUT2D eigenvalue weighted by atomic mass is 9.94. The molecule has 64 heavy (non-hydrogen) atoms. The Hall–Kier alpha value is -4.84. The highest BCUT2D eigenvalue weighted by molar-refractivity contribution is 7.95. The Labute approximate surface area is 386 Å². The third-order valence-electron chi connectivity index (χ3n) is 11.1. The van der Waals surface area contributed by atoms with Crippen molar-refractivity contribution in [3.05, 3.63) is 106 Å². The fraction of sp³-hybridized carbons (Fsp3) is 0.438. The highest BCUT2D eigenvalue weighted by atomic mass is 32.2. The normalized spacial score (nSPS) is 14.6. The van der Waals surface area contributed by atoms with Gasteiger partial charge in [0.2, 0.25) is 0 Å². The number of aromatic nitrogens is 4. The van der Waals surface area contributed by atoms with Gasteiger partial charge in [-0.2, -0.15) is 5.10 Å². The van der Waals surface area contributed by atoms with Crippen LogP contribution >= 0.6 is 22.7 Å². The Balaban J connectivity index is 0.937. The van der Waals surface area contributed by atoms with Crippen molar-refractivity contribution < 1.29 is 28.5 Å². The summed E-state index contributed by atoms with van der Waals surface area (Å²) in [4.78, 5) is 45.2. The average molecular weight is 925 g/mol. The zero-order valence-corrected chi connectivity index (χ0v) is 39.9. The largest absolute Gasteiger partial charge is 0.494 e. The van der Waals surface area contributed by atoms with Crippen LogP contribution in [-0.2, 0) is 51.0 Å². The van der Waals surface area contributed by atoms with Gasteiger partial charge >= 0.3 is 5.97 Å². The van der Waals surface area contributed by atoms with Crippen LogP contribution in [0.3, 0.4) is 0 Å². The van der Waals surface area contributed by atoms with Gasteiger partial charge in [-0.3, -0.25) is 19.3 Å². The van der Waals surface area contributed by atoms with Crippen molar-refractivity contribution in [3.8, 4) is 16.9 Å². The molecular formula is C48H58N7O6S3+. The molecule has 2 aliphatic heterocycles. The van der Waals surface area contributed by atoms with Gasteiger partial charge in [0.15, 0.2) is 16.0 Å². The summed E-state index contributed by atoms with van der Waals surface area (Å²) in [6.07, 6.45) is 10.4. The predicted molar refractivity (Wildman–Crippen MR) is 259 cm³/mol. The van der Waals surface area contributed by atoms with Gasteiger partial charge in [0.1, 0.15) is 23.8 Å². The second-order valence-electron chi connectivity index (χ2n) is 17.2. The number of carbonyl (C=O) groups excluding carboxylic acids is 2. The molecule has 0 N–H and O–H groups in total. The molecule has 13 nitrogen and oxygen atoms in total. The molecule has 0 atom stereocenters. The molecule has 1 amide bonds. The minimum absolute atomic E-state index is 0.107. The Morgan fingerprint density at radius 1 is 0.906 bits per heavy atom. The summed E-state index contributed by atoms with van der Waals surface area (Å²) in [5.41, 5.74) is 5.33. The van der Waals surface area contributed by atoms with Crippen molar-refractivity contribution in [2.75, 3.05) is 87.4 Å². The number of benzene rings is 3. The van der Waals surface area contributed by atoms with Crippen molar-refractivity contribution in [2.24, 2.45) is 0 Å². The van der Waals surface area contributed by atoms with Gasteiger partial charge in [0.05, 0.1) is 61.9 Å². The monoisotopic (exact) mass is 924 g/mol. The SMILES string of the molecule is C[S+](C)CCOCN(C(=O)c1cccc2c1CN(c1nc(C(=O)OC(C)(C)C)c(CCCOc3ccc(-c4cnn(CCN5CCOCC5)c4)cc3)s1)CC2)c1nc2ccccc2s1. The van der Waals surface area contributed by atoms with E-state index in [-0.39, 0.29) is 23.5 Å². The molecule has 1 saturated heterocycles. The summed E-state index contributed by atoms with van der Waals surface area (Å²) in [5.74, 6) is 1.11. The van der Waals surface area contributed by atoms with E-state index in [0.717, 1.165) is 99.8 Å². The number of amides is 1. The number of hydrogen-bond acceptors (Lipinski definition) is 13. The van der Waals surface area contributed by atoms with Crippen molar-refractivity contribution in [3.63, 3.8) is 0 Å². The Morgan fingerprint density at radius 3 is 2.50 bits per heavy atom. The number of anilines is 2. The molecule has 6 aromatic rings. The standard InChI is InChI=1S/C48H58N7O6S3/c1-48(2,3)61-45(57)43-42(14-9-25-60-37-17-15-34(16-18-37)36-30-49-54(31-36)22-21-52-23-26-58-27-24-52)63-46(51-43)53-20-19-35-10-8-11-38(39(35)32-53)44(56)55(33-59-28-29-64(4)5)47-50-40-12-6-7-13-41(40)62-47/h6-8,10-13,15-18,30-31H,9,14,19-29,32-33H2,1-5H3/q+1. The van der Waals surface area contributed by atoms with E-state index in [9.17, 15) is 9.59 Å². The maximum atomic E-state index is 14.6. The molecule has 0 radical (unpaired) electrons. The molecule has 338 valence electrons. The molecule has 16 heteroatoms. The van der Waals surface area contributed by atoms with Gasteiger partial charge in [-0.1, -0.05) is 47.7 Å². The van der Waals surface area contributed by atoms with Crippen molar-refractivity contribution >= 4 is 65.9 Å². The van der Waals surface area contributed by atoms with Gasteiger partial charge in [-0.15, -0.1) is 11.3 Å². The van der Waals surface area contributed by atoms with E-state index >= 15 is 0 Å². The highest BCUT2D eigenvalue weighted by Gasteiger charge is 2.31. The second kappa shape index (κ2) is 21.0. The Morgan fingerprint density at radius 2 is 1.72 bits per heavy atom. The smallest absolute Gasteiger partial charge is 0.358 e. The Kier molecular flexibility index (Phi) is 15.0. The van der Waals surface area contributed by atoms with Crippen LogP contribution in [0.5, 0.6) is 5.75 Å². The molecular weight excluding hydrogens is 867 g/mol. The number of nitrogens with zero attached hydrogens (tertiary/aromatic N) is 7. The number of hydrogen-bond donors (Lipinski definition) is 0. The second-order valence-corrected chi connectivity index (χ2v) is 21.7. The van der Waals surface area contributed by atoms with Crippen LogP contribution in [0.15, 0.2) is 79.1 Å². The predicted octanol–water partition coefficient (Wildman–Crippen LogP) is 7.98. The van der Waals surface area contributed by atoms with Crippen LogP contribution < -0.4 is 14.5 Å². The van der Waals surface area contributed by atoms with Crippen LogP contribution in [0, 0.1) is 0 Å². The molecule has 8 rings (SSSR count). The number of rotatable bonds is 18. The lowest BCUT2D eigenvalue weighted by Gasteiger charge is -2.31. The number of para-hydroxylation sites is 1. The zero-order valence-electron chi connectivity index (χ0n) is 37.4. The fourth-order valence-electron chi connectivity index (χ4n) is 7.65. The maximum absolute atomic E-state index is 14.6. The van der Waals surface area contributed by atoms with E-state index in [1.807, 2.05) is 80.2 Å². The van der Waals surface area contributed by atoms with Crippen molar-refractivity contribution in [1.82, 2.24) is 24.6 Å². The molecule has 5 heterocycles. The summed E-state index contributed by atoms with van der Waals surface area (Å²) in [6, 6.07) is 22.0. The quantitative estimate of drug-likeness (QED) is 0.0361. The van der Waals surface area contributed by atoms with E-state index in [4.69, 9.17) is 28.9 Å². The van der Waals surface area contributed by atoms with Crippen molar-refractivity contribution in [1.29, 1.82) is 0 Å². The zero-order chi connectivity index (χ0) is 44.6. The van der Waals surface area contributed by atoms with Crippen LogP contribution in [0.25, 0.3) is 21.3 Å². The average Bonchev–Trinajstić information content (AvgIpc) is 4.06. The number of ether oxygens (including phenoxy) is 4. The molecule has 2 aliphatic rings. The minimum Gasteiger partial charge on any atom is -0.494 e. The first kappa shape index (κ1) is 45.7. The minimum atomic E-state index is -0.678. The number of aryl methyl sites for hydroxylation is 1. The Bertz CT molecular complexity index is 2470. The highest BCUT2D eigenvalue weighted by Crippen LogP contribution is 2.35. The molecule has 0 spiro atoms. The summed E-state index contributed by atoms with van der Waals surface area (Å²) < 4.78 is 26.6. The van der Waals surface area contributed by atoms with Gasteiger partial charge < -0.3 is 23.8 Å². The summed E-state index contributed by atoms with van der Waals surface area (Å²) in [5, 5.41) is 5.92. The molecule has 0 bridgehead atoms. The lowest BCUT2D eigenvalue weighted by Crippen LogP contribution is -2.38. The first-order chi connectivity index (χ1) is 31.0. The van der Waals surface area contributed by atoms with E-state index < -0.39 is 11.6 Å². The maximum Gasteiger partial charge on any atom is 0.358 e.